The second-order valence-electron chi connectivity index (χ2n) is 4.97. The van der Waals surface area contributed by atoms with E-state index in [9.17, 15) is 8.42 Å². The van der Waals surface area contributed by atoms with Gasteiger partial charge in [0.05, 0.1) is 10.3 Å². The Morgan fingerprint density at radius 3 is 2.42 bits per heavy atom. The van der Waals surface area contributed by atoms with Crippen molar-refractivity contribution < 1.29 is 8.42 Å². The van der Waals surface area contributed by atoms with Crippen LogP contribution in [-0.4, -0.2) is 45.3 Å². The third kappa shape index (κ3) is 3.22. The molecule has 0 radical (unpaired) electrons. The molecule has 1 aromatic rings. The Kier molecular flexibility index (Phi) is 4.38. The molecule has 0 spiro atoms. The SMILES string of the molecule is CN(C)S(=O)(=O)c1ccc(N2CCCC(Cl)C2)cc1. The molecule has 0 saturated carbocycles. The first-order valence-electron chi connectivity index (χ1n) is 6.33. The summed E-state index contributed by atoms with van der Waals surface area (Å²) in [6, 6.07) is 7.02. The Bertz CT molecular complexity index is 528. The van der Waals surface area contributed by atoms with Gasteiger partial charge < -0.3 is 4.90 Å². The van der Waals surface area contributed by atoms with Crippen LogP contribution < -0.4 is 4.90 Å². The van der Waals surface area contributed by atoms with E-state index >= 15 is 0 Å². The van der Waals surface area contributed by atoms with Crippen LogP contribution in [0.4, 0.5) is 5.69 Å². The molecule has 1 atom stereocenters. The maximum absolute atomic E-state index is 12.0. The van der Waals surface area contributed by atoms with Crippen LogP contribution in [0.1, 0.15) is 12.8 Å². The summed E-state index contributed by atoms with van der Waals surface area (Å²) in [6.07, 6.45) is 2.12. The normalized spacial score (nSPS) is 20.8. The zero-order valence-corrected chi connectivity index (χ0v) is 12.8. The highest BCUT2D eigenvalue weighted by molar-refractivity contribution is 7.89. The van der Waals surface area contributed by atoms with Crippen LogP contribution in [0.2, 0.25) is 0 Å². The van der Waals surface area contributed by atoms with E-state index in [0.717, 1.165) is 31.6 Å². The van der Waals surface area contributed by atoms with Gasteiger partial charge >= 0.3 is 0 Å². The zero-order chi connectivity index (χ0) is 14.0. The molecule has 0 bridgehead atoms. The lowest BCUT2D eigenvalue weighted by molar-refractivity contribution is 0.520. The maximum atomic E-state index is 12.0. The van der Waals surface area contributed by atoms with Crippen molar-refractivity contribution in [3.8, 4) is 0 Å². The van der Waals surface area contributed by atoms with Crippen LogP contribution >= 0.6 is 11.6 Å². The fraction of sp³-hybridized carbons (Fsp3) is 0.538. The molecule has 1 aromatic carbocycles. The molecular weight excluding hydrogens is 284 g/mol. The summed E-state index contributed by atoms with van der Waals surface area (Å²) in [4.78, 5) is 2.52. The van der Waals surface area contributed by atoms with Crippen molar-refractivity contribution in [3.05, 3.63) is 24.3 Å². The molecule has 0 amide bonds. The first kappa shape index (κ1) is 14.6. The summed E-state index contributed by atoms with van der Waals surface area (Å²) < 4.78 is 25.1. The fourth-order valence-corrected chi connectivity index (χ4v) is 3.42. The molecule has 6 heteroatoms. The molecule has 1 fully saturated rings. The van der Waals surface area contributed by atoms with Gasteiger partial charge in [-0.1, -0.05) is 0 Å². The monoisotopic (exact) mass is 302 g/mol. The van der Waals surface area contributed by atoms with E-state index in [2.05, 4.69) is 4.90 Å². The highest BCUT2D eigenvalue weighted by Gasteiger charge is 2.20. The standard InChI is InChI=1S/C13H19ClN2O2S/c1-15(2)19(17,18)13-7-5-12(6-8-13)16-9-3-4-11(14)10-16/h5-8,11H,3-4,9-10H2,1-2H3. The van der Waals surface area contributed by atoms with Crippen molar-refractivity contribution in [3.63, 3.8) is 0 Å². The molecule has 0 aromatic heterocycles. The molecule has 1 unspecified atom stereocenters. The molecule has 1 aliphatic heterocycles. The van der Waals surface area contributed by atoms with E-state index in [1.165, 1.54) is 18.4 Å². The van der Waals surface area contributed by atoms with Crippen molar-refractivity contribution in [1.82, 2.24) is 4.31 Å². The number of hydrogen-bond acceptors (Lipinski definition) is 3. The predicted octanol–water partition coefficient (Wildman–Crippen LogP) is 2.14. The molecule has 0 aliphatic carbocycles. The van der Waals surface area contributed by atoms with Gasteiger partial charge in [0.1, 0.15) is 0 Å². The minimum absolute atomic E-state index is 0.180. The number of rotatable bonds is 3. The van der Waals surface area contributed by atoms with Gasteiger partial charge in [0, 0.05) is 32.9 Å². The first-order valence-corrected chi connectivity index (χ1v) is 8.20. The van der Waals surface area contributed by atoms with E-state index in [1.807, 2.05) is 12.1 Å². The topological polar surface area (TPSA) is 40.6 Å². The number of piperidine rings is 1. The largest absolute Gasteiger partial charge is 0.370 e. The Hall–Kier alpha value is -0.780. The summed E-state index contributed by atoms with van der Waals surface area (Å²) in [6.45, 7) is 1.80. The lowest BCUT2D eigenvalue weighted by Gasteiger charge is -2.31. The average Bonchev–Trinajstić information content (AvgIpc) is 2.38. The van der Waals surface area contributed by atoms with Crippen molar-refractivity contribution in [1.29, 1.82) is 0 Å². The number of nitrogens with zero attached hydrogens (tertiary/aromatic N) is 2. The number of alkyl halides is 1. The number of anilines is 1. The van der Waals surface area contributed by atoms with Crippen molar-refractivity contribution in [2.75, 3.05) is 32.1 Å². The van der Waals surface area contributed by atoms with Crippen LogP contribution in [0, 0.1) is 0 Å². The Balaban J connectivity index is 2.19. The van der Waals surface area contributed by atoms with Gasteiger partial charge in [-0.2, -0.15) is 0 Å². The summed E-state index contributed by atoms with van der Waals surface area (Å²) in [5.74, 6) is 0. The number of hydrogen-bond donors (Lipinski definition) is 0. The van der Waals surface area contributed by atoms with E-state index in [0.29, 0.717) is 4.90 Å². The minimum Gasteiger partial charge on any atom is -0.370 e. The van der Waals surface area contributed by atoms with E-state index < -0.39 is 10.0 Å². The van der Waals surface area contributed by atoms with Gasteiger partial charge in [0.25, 0.3) is 0 Å². The van der Waals surface area contributed by atoms with E-state index in [4.69, 9.17) is 11.6 Å². The summed E-state index contributed by atoms with van der Waals surface area (Å²) >= 11 is 6.16. The maximum Gasteiger partial charge on any atom is 0.242 e. The van der Waals surface area contributed by atoms with Crippen LogP contribution in [0.5, 0.6) is 0 Å². The molecule has 1 saturated heterocycles. The lowest BCUT2D eigenvalue weighted by Crippen LogP contribution is -2.35. The van der Waals surface area contributed by atoms with Gasteiger partial charge in [0.2, 0.25) is 10.0 Å². The highest BCUT2D eigenvalue weighted by atomic mass is 35.5. The quantitative estimate of drug-likeness (QED) is 0.803. The molecule has 1 heterocycles. The molecule has 1 aliphatic rings. The molecular formula is C13H19ClN2O2S. The van der Waals surface area contributed by atoms with Gasteiger partial charge in [-0.25, -0.2) is 12.7 Å². The van der Waals surface area contributed by atoms with Crippen LogP contribution in [0.15, 0.2) is 29.2 Å². The van der Waals surface area contributed by atoms with Crippen LogP contribution in [0.25, 0.3) is 0 Å². The fourth-order valence-electron chi connectivity index (χ4n) is 2.20. The molecule has 2 rings (SSSR count). The summed E-state index contributed by atoms with van der Waals surface area (Å²) in [7, 11) is -0.279. The number of halogens is 1. The lowest BCUT2D eigenvalue weighted by atomic mass is 10.1. The highest BCUT2D eigenvalue weighted by Crippen LogP contribution is 2.24. The average molecular weight is 303 g/mol. The van der Waals surface area contributed by atoms with Gasteiger partial charge in [-0.05, 0) is 37.1 Å². The molecule has 19 heavy (non-hydrogen) atoms. The molecule has 106 valence electrons. The third-order valence-corrected chi connectivity index (χ3v) is 5.53. The Morgan fingerprint density at radius 1 is 1.26 bits per heavy atom. The smallest absolute Gasteiger partial charge is 0.242 e. The second-order valence-corrected chi connectivity index (χ2v) is 7.74. The third-order valence-electron chi connectivity index (χ3n) is 3.34. The summed E-state index contributed by atoms with van der Waals surface area (Å²) in [5.41, 5.74) is 1.03. The van der Waals surface area contributed by atoms with Crippen LogP contribution in [0.3, 0.4) is 0 Å². The number of benzene rings is 1. The Labute approximate surface area is 120 Å². The van der Waals surface area contributed by atoms with E-state index in [1.54, 1.807) is 12.1 Å². The first-order chi connectivity index (χ1) is 8.91. The van der Waals surface area contributed by atoms with Crippen LogP contribution in [-0.2, 0) is 10.0 Å². The molecule has 4 nitrogen and oxygen atoms in total. The zero-order valence-electron chi connectivity index (χ0n) is 11.2. The van der Waals surface area contributed by atoms with Crippen molar-refractivity contribution in [2.45, 2.75) is 23.1 Å². The predicted molar refractivity (Wildman–Crippen MR) is 78.4 cm³/mol. The van der Waals surface area contributed by atoms with E-state index in [-0.39, 0.29) is 5.38 Å². The van der Waals surface area contributed by atoms with Crippen molar-refractivity contribution in [2.24, 2.45) is 0 Å². The Morgan fingerprint density at radius 2 is 1.89 bits per heavy atom. The van der Waals surface area contributed by atoms with Gasteiger partial charge in [-0.3, -0.25) is 0 Å². The van der Waals surface area contributed by atoms with Gasteiger partial charge in [0.15, 0.2) is 0 Å². The van der Waals surface area contributed by atoms with Gasteiger partial charge in [-0.15, -0.1) is 11.6 Å². The van der Waals surface area contributed by atoms with Crippen molar-refractivity contribution >= 4 is 27.3 Å². The summed E-state index contributed by atoms with van der Waals surface area (Å²) in [5, 5.41) is 0.180. The second kappa shape index (κ2) is 5.69. The molecule has 0 N–H and O–H groups in total. The number of sulfonamides is 1. The minimum atomic E-state index is -3.35.